The first-order valence-electron chi connectivity index (χ1n) is 23.0. The van der Waals surface area contributed by atoms with Crippen LogP contribution < -0.4 is 26.2 Å². The van der Waals surface area contributed by atoms with Crippen molar-refractivity contribution in [1.29, 1.82) is 0 Å². The van der Waals surface area contributed by atoms with Gasteiger partial charge in [-0.1, -0.05) is 143 Å². The molecule has 2 aliphatic heterocycles. The average molecular weight is 801 g/mol. The Morgan fingerprint density at radius 2 is 1.00 bits per heavy atom. The molecule has 0 spiro atoms. The zero-order valence-corrected chi connectivity index (χ0v) is 39.4. The molecule has 0 atom stereocenters. The molecule has 2 aliphatic carbocycles. The highest BCUT2D eigenvalue weighted by Crippen LogP contribution is 2.55. The normalized spacial score (nSPS) is 18.6. The fourth-order valence-electron chi connectivity index (χ4n) is 12.2. The first-order valence-corrected chi connectivity index (χ1v) is 23.0. The molecule has 61 heavy (non-hydrogen) atoms. The summed E-state index contributed by atoms with van der Waals surface area (Å²) < 4.78 is 0. The molecule has 0 radical (unpaired) electrons. The van der Waals surface area contributed by atoms with Gasteiger partial charge in [0.25, 0.3) is 6.71 Å². The number of fused-ring (bicyclic) bond motifs is 6. The summed E-state index contributed by atoms with van der Waals surface area (Å²) in [5.74, 6) is 0. The lowest BCUT2D eigenvalue weighted by molar-refractivity contribution is 0.332. The van der Waals surface area contributed by atoms with Gasteiger partial charge < -0.3 is 9.80 Å². The van der Waals surface area contributed by atoms with Crippen molar-refractivity contribution in [3.05, 3.63) is 148 Å². The van der Waals surface area contributed by atoms with E-state index in [1.165, 1.54) is 119 Å². The van der Waals surface area contributed by atoms with E-state index in [1.807, 2.05) is 0 Å². The summed E-state index contributed by atoms with van der Waals surface area (Å²) in [6.07, 6.45) is 3.52. The molecule has 0 saturated carbocycles. The van der Waals surface area contributed by atoms with Crippen LogP contribution in [0.5, 0.6) is 0 Å². The third-order valence-corrected chi connectivity index (χ3v) is 15.5. The average Bonchev–Trinajstić information content (AvgIpc) is 3.37. The van der Waals surface area contributed by atoms with Crippen LogP contribution in [0.2, 0.25) is 0 Å². The van der Waals surface area contributed by atoms with E-state index >= 15 is 0 Å². The number of rotatable bonds is 3. The zero-order chi connectivity index (χ0) is 43.3. The highest BCUT2D eigenvalue weighted by molar-refractivity contribution is 7.00. The van der Waals surface area contributed by atoms with Gasteiger partial charge in [0.05, 0.1) is 0 Å². The van der Waals surface area contributed by atoms with E-state index in [0.29, 0.717) is 0 Å². The van der Waals surface area contributed by atoms with Crippen molar-refractivity contribution in [3.63, 3.8) is 0 Å². The van der Waals surface area contributed by atoms with Crippen molar-refractivity contribution in [2.24, 2.45) is 0 Å². The molecule has 0 fully saturated rings. The van der Waals surface area contributed by atoms with Gasteiger partial charge in [0.2, 0.25) is 0 Å². The molecule has 0 N–H and O–H groups in total. The second-order valence-electron chi connectivity index (χ2n) is 23.1. The molecule has 0 amide bonds. The summed E-state index contributed by atoms with van der Waals surface area (Å²) in [7, 11) is 0. The Bertz CT molecular complexity index is 2810. The molecule has 0 bridgehead atoms. The first kappa shape index (κ1) is 40.1. The molecular weight excluding hydrogens is 735 g/mol. The minimum Gasteiger partial charge on any atom is -0.311 e. The quantitative estimate of drug-likeness (QED) is 0.164. The van der Waals surface area contributed by atoms with E-state index in [4.69, 9.17) is 0 Å². The molecule has 0 unspecified atom stereocenters. The summed E-state index contributed by atoms with van der Waals surface area (Å²) >= 11 is 0. The van der Waals surface area contributed by atoms with Crippen LogP contribution in [0.15, 0.2) is 103 Å². The third-order valence-electron chi connectivity index (χ3n) is 15.5. The van der Waals surface area contributed by atoms with Gasteiger partial charge >= 0.3 is 0 Å². The van der Waals surface area contributed by atoms with Crippen LogP contribution in [0.25, 0.3) is 11.1 Å². The lowest BCUT2D eigenvalue weighted by atomic mass is 9.33. The molecule has 310 valence electrons. The van der Waals surface area contributed by atoms with Crippen LogP contribution in [0.3, 0.4) is 0 Å². The van der Waals surface area contributed by atoms with Gasteiger partial charge in [-0.25, -0.2) is 0 Å². The number of hydrogen-bond donors (Lipinski definition) is 0. The Morgan fingerprint density at radius 1 is 0.459 bits per heavy atom. The number of nitrogens with zero attached hydrogens (tertiary/aromatic N) is 2. The molecule has 6 aromatic carbocycles. The van der Waals surface area contributed by atoms with E-state index in [2.05, 4.69) is 210 Å². The summed E-state index contributed by atoms with van der Waals surface area (Å²) in [5.41, 5.74) is 26.2. The third kappa shape index (κ3) is 6.03. The van der Waals surface area contributed by atoms with Gasteiger partial charge in [-0.15, -0.1) is 0 Å². The fraction of sp³-hybridized carbons (Fsp3) is 0.379. The summed E-state index contributed by atoms with van der Waals surface area (Å²) in [6.45, 7) is 33.8. The first-order chi connectivity index (χ1) is 28.6. The second kappa shape index (κ2) is 13.0. The second-order valence-corrected chi connectivity index (χ2v) is 23.1. The molecule has 2 heterocycles. The van der Waals surface area contributed by atoms with Crippen molar-refractivity contribution in [1.82, 2.24) is 0 Å². The Balaban J connectivity index is 1.33. The predicted octanol–water partition coefficient (Wildman–Crippen LogP) is 14.0. The number of benzene rings is 6. The number of aryl methyl sites for hydroxylation is 3. The molecule has 6 aromatic rings. The van der Waals surface area contributed by atoms with Crippen molar-refractivity contribution in [2.45, 2.75) is 143 Å². The Hall–Kier alpha value is -5.02. The van der Waals surface area contributed by atoms with Crippen LogP contribution in [-0.2, 0) is 27.1 Å². The monoisotopic (exact) mass is 801 g/mol. The lowest BCUT2D eigenvalue weighted by Gasteiger charge is -2.48. The van der Waals surface area contributed by atoms with Crippen molar-refractivity contribution >= 4 is 57.2 Å². The smallest absolute Gasteiger partial charge is 0.252 e. The van der Waals surface area contributed by atoms with Gasteiger partial charge in [-0.2, -0.15) is 0 Å². The van der Waals surface area contributed by atoms with E-state index in [9.17, 15) is 0 Å². The zero-order valence-electron chi connectivity index (χ0n) is 39.4. The number of anilines is 6. The van der Waals surface area contributed by atoms with Gasteiger partial charge in [0.1, 0.15) is 0 Å². The molecule has 4 aliphatic rings. The summed E-state index contributed by atoms with van der Waals surface area (Å²) in [4.78, 5) is 5.34. The topological polar surface area (TPSA) is 6.48 Å². The minimum absolute atomic E-state index is 0.0559. The lowest BCUT2D eigenvalue weighted by Crippen LogP contribution is -2.62. The molecular formula is C58H65BN2. The fourth-order valence-corrected chi connectivity index (χ4v) is 12.2. The minimum atomic E-state index is 0.0559. The Labute approximate surface area is 367 Å². The molecule has 2 nitrogen and oxygen atoms in total. The van der Waals surface area contributed by atoms with Gasteiger partial charge in [0.15, 0.2) is 0 Å². The highest BCUT2D eigenvalue weighted by atomic mass is 15.2. The van der Waals surface area contributed by atoms with Crippen LogP contribution in [0.4, 0.5) is 34.1 Å². The summed E-state index contributed by atoms with van der Waals surface area (Å²) in [5, 5.41) is 0. The maximum atomic E-state index is 2.71. The standard InChI is InChI=1S/C58H65BN2/c1-35-26-51-53-52(27-35)61(48-32-44-41(29-37(48)3)57(11,12)34-58(44,13)14)50-33-43-42(55(7,8)24-25-56(43,9)10)31-46(50)59(53)45-22-20-39(38-18-16-15-17-19-38)30-49(45)60(51)47-23-21-40(28-36(47)2)54(4,5)6/h15-23,26-33H,24-25,34H2,1-14H3. The van der Waals surface area contributed by atoms with Crippen LogP contribution in [-0.4, -0.2) is 6.71 Å². The van der Waals surface area contributed by atoms with Gasteiger partial charge in [-0.3, -0.25) is 0 Å². The van der Waals surface area contributed by atoms with Crippen molar-refractivity contribution in [2.75, 3.05) is 9.80 Å². The van der Waals surface area contributed by atoms with E-state index in [1.54, 1.807) is 0 Å². The van der Waals surface area contributed by atoms with Gasteiger partial charge in [0, 0.05) is 34.1 Å². The van der Waals surface area contributed by atoms with E-state index in [0.717, 1.165) is 6.42 Å². The molecule has 10 rings (SSSR count). The van der Waals surface area contributed by atoms with Gasteiger partial charge in [-0.05, 0) is 176 Å². The van der Waals surface area contributed by atoms with Crippen LogP contribution in [0, 0.1) is 20.8 Å². The highest BCUT2D eigenvalue weighted by Gasteiger charge is 2.48. The van der Waals surface area contributed by atoms with E-state index < -0.39 is 0 Å². The molecule has 0 saturated heterocycles. The maximum Gasteiger partial charge on any atom is 0.252 e. The van der Waals surface area contributed by atoms with E-state index in [-0.39, 0.29) is 33.8 Å². The largest absolute Gasteiger partial charge is 0.311 e. The van der Waals surface area contributed by atoms with Crippen LogP contribution in [0.1, 0.15) is 140 Å². The predicted molar refractivity (Wildman–Crippen MR) is 265 cm³/mol. The SMILES string of the molecule is Cc1cc2c3c(c1)N(c1cc4c(cc1C)C(C)(C)CC4(C)C)c1cc4c(cc1B3c1ccc(-c3ccccc3)cc1N2c1ccc(C(C)(C)C)cc1C)C(C)(C)CCC4(C)C. The van der Waals surface area contributed by atoms with Crippen molar-refractivity contribution < 1.29 is 0 Å². The number of hydrogen-bond acceptors (Lipinski definition) is 2. The summed E-state index contributed by atoms with van der Waals surface area (Å²) in [6, 6.07) is 40.9. The van der Waals surface area contributed by atoms with Crippen LogP contribution >= 0.6 is 0 Å². The molecule has 0 aromatic heterocycles. The Kier molecular flexibility index (Phi) is 8.55. The van der Waals surface area contributed by atoms with Crippen molar-refractivity contribution in [3.8, 4) is 11.1 Å². The molecule has 3 heteroatoms. The maximum absolute atomic E-state index is 2.71. The Morgan fingerprint density at radius 3 is 1.62 bits per heavy atom.